The first-order chi connectivity index (χ1) is 7.08. The fourth-order valence-electron chi connectivity index (χ4n) is 1.67. The summed E-state index contributed by atoms with van der Waals surface area (Å²) in [6.07, 6.45) is 1.95. The summed E-state index contributed by atoms with van der Waals surface area (Å²) in [5.41, 5.74) is 0. The van der Waals surface area contributed by atoms with E-state index in [0.717, 1.165) is 19.4 Å². The van der Waals surface area contributed by atoms with Gasteiger partial charge in [0, 0.05) is 19.6 Å². The molecule has 1 amide bonds. The molecule has 0 aromatic rings. The Balaban J connectivity index is 4.52. The van der Waals surface area contributed by atoms with Gasteiger partial charge in [-0.1, -0.05) is 27.7 Å². The number of methoxy groups -OCH3 is 1. The van der Waals surface area contributed by atoms with Gasteiger partial charge in [-0.2, -0.15) is 0 Å². The van der Waals surface area contributed by atoms with E-state index in [-0.39, 0.29) is 17.9 Å². The van der Waals surface area contributed by atoms with E-state index >= 15 is 0 Å². The lowest BCUT2D eigenvalue weighted by Crippen LogP contribution is -2.44. The van der Waals surface area contributed by atoms with Crippen LogP contribution in [-0.4, -0.2) is 37.1 Å². The summed E-state index contributed by atoms with van der Waals surface area (Å²) in [6.45, 7) is 9.56. The van der Waals surface area contributed by atoms with Crippen molar-refractivity contribution < 1.29 is 9.53 Å². The van der Waals surface area contributed by atoms with Crippen molar-refractivity contribution >= 4 is 5.91 Å². The molecule has 0 heterocycles. The van der Waals surface area contributed by atoms with Crippen LogP contribution in [0.15, 0.2) is 0 Å². The molecule has 1 atom stereocenters. The van der Waals surface area contributed by atoms with Gasteiger partial charge in [-0.25, -0.2) is 0 Å². The zero-order chi connectivity index (χ0) is 11.8. The Labute approximate surface area is 93.8 Å². The number of carbonyl (C=O) groups is 1. The predicted molar refractivity (Wildman–Crippen MR) is 62.8 cm³/mol. The fraction of sp³-hybridized carbons (Fsp3) is 0.917. The average molecular weight is 215 g/mol. The van der Waals surface area contributed by atoms with Crippen molar-refractivity contribution in [3.05, 3.63) is 0 Å². The van der Waals surface area contributed by atoms with Crippen molar-refractivity contribution in [2.24, 2.45) is 5.92 Å². The summed E-state index contributed by atoms with van der Waals surface area (Å²) < 4.78 is 5.16. The number of hydrogen-bond donors (Lipinski definition) is 0. The number of nitrogens with zero attached hydrogens (tertiary/aromatic N) is 1. The van der Waals surface area contributed by atoms with Crippen LogP contribution in [0, 0.1) is 5.92 Å². The second-order valence-corrected chi connectivity index (χ2v) is 4.20. The van der Waals surface area contributed by atoms with E-state index < -0.39 is 0 Å². The molecule has 0 aliphatic heterocycles. The highest BCUT2D eigenvalue weighted by Crippen LogP contribution is 2.11. The maximum atomic E-state index is 12.0. The normalized spacial score (nSPS) is 12.9. The van der Waals surface area contributed by atoms with Crippen LogP contribution in [0.25, 0.3) is 0 Å². The molecular formula is C12H25NO2. The third kappa shape index (κ3) is 4.65. The van der Waals surface area contributed by atoms with E-state index in [4.69, 9.17) is 4.74 Å². The fourth-order valence-corrected chi connectivity index (χ4v) is 1.67. The van der Waals surface area contributed by atoms with Gasteiger partial charge in [-0.3, -0.25) is 4.79 Å². The lowest BCUT2D eigenvalue weighted by molar-refractivity contribution is -0.138. The summed E-state index contributed by atoms with van der Waals surface area (Å²) in [5, 5.41) is 0. The zero-order valence-corrected chi connectivity index (χ0v) is 10.7. The number of carbonyl (C=O) groups excluding carboxylic acids is 1. The molecule has 0 radical (unpaired) electrons. The van der Waals surface area contributed by atoms with E-state index in [2.05, 4.69) is 13.8 Å². The minimum atomic E-state index is 0.0717. The Morgan fingerprint density at radius 1 is 1.33 bits per heavy atom. The lowest BCUT2D eigenvalue weighted by Gasteiger charge is -2.32. The van der Waals surface area contributed by atoms with Crippen LogP contribution in [0.3, 0.4) is 0 Å². The van der Waals surface area contributed by atoms with Gasteiger partial charge >= 0.3 is 0 Å². The second kappa shape index (κ2) is 7.69. The summed E-state index contributed by atoms with van der Waals surface area (Å²) in [7, 11) is 1.69. The van der Waals surface area contributed by atoms with Crippen LogP contribution in [0.1, 0.15) is 40.5 Å². The maximum Gasteiger partial charge on any atom is 0.225 e. The zero-order valence-electron chi connectivity index (χ0n) is 10.7. The smallest absolute Gasteiger partial charge is 0.225 e. The molecule has 90 valence electrons. The minimum absolute atomic E-state index is 0.0717. The van der Waals surface area contributed by atoms with Crippen molar-refractivity contribution in [3.63, 3.8) is 0 Å². The van der Waals surface area contributed by atoms with Gasteiger partial charge in [0.15, 0.2) is 0 Å². The average Bonchev–Trinajstić information content (AvgIpc) is 2.22. The van der Waals surface area contributed by atoms with E-state index in [9.17, 15) is 4.79 Å². The molecule has 0 aliphatic carbocycles. The Morgan fingerprint density at radius 3 is 2.27 bits per heavy atom. The molecule has 3 heteroatoms. The SMILES string of the molecule is CCCN(C(=O)C(C)C)C(CC)COC. The Bertz CT molecular complexity index is 180. The molecule has 1 unspecified atom stereocenters. The molecule has 0 N–H and O–H groups in total. The van der Waals surface area contributed by atoms with Crippen LogP contribution in [0.2, 0.25) is 0 Å². The highest BCUT2D eigenvalue weighted by atomic mass is 16.5. The predicted octanol–water partition coefficient (Wildman–Crippen LogP) is 2.31. The van der Waals surface area contributed by atoms with E-state index in [1.54, 1.807) is 7.11 Å². The van der Waals surface area contributed by atoms with Gasteiger partial charge in [-0.05, 0) is 12.8 Å². The highest BCUT2D eigenvalue weighted by Gasteiger charge is 2.23. The van der Waals surface area contributed by atoms with Gasteiger partial charge in [-0.15, -0.1) is 0 Å². The molecule has 0 fully saturated rings. The number of rotatable bonds is 7. The Morgan fingerprint density at radius 2 is 1.93 bits per heavy atom. The van der Waals surface area contributed by atoms with Crippen molar-refractivity contribution in [3.8, 4) is 0 Å². The number of ether oxygens (including phenoxy) is 1. The first-order valence-electron chi connectivity index (χ1n) is 5.87. The van der Waals surface area contributed by atoms with Crippen molar-refractivity contribution in [2.75, 3.05) is 20.3 Å². The minimum Gasteiger partial charge on any atom is -0.383 e. The monoisotopic (exact) mass is 215 g/mol. The van der Waals surface area contributed by atoms with Crippen LogP contribution in [0.5, 0.6) is 0 Å². The quantitative estimate of drug-likeness (QED) is 0.652. The maximum absolute atomic E-state index is 12.0. The largest absolute Gasteiger partial charge is 0.383 e. The molecule has 0 saturated heterocycles. The van der Waals surface area contributed by atoms with E-state index in [0.29, 0.717) is 6.61 Å². The van der Waals surface area contributed by atoms with Crippen LogP contribution >= 0.6 is 0 Å². The van der Waals surface area contributed by atoms with Crippen molar-refractivity contribution in [2.45, 2.75) is 46.6 Å². The van der Waals surface area contributed by atoms with E-state index in [1.807, 2.05) is 18.7 Å². The Kier molecular flexibility index (Phi) is 7.39. The third-order valence-corrected chi connectivity index (χ3v) is 2.51. The standard InChI is InChI=1S/C12H25NO2/c1-6-8-13(12(14)10(3)4)11(7-2)9-15-5/h10-11H,6-9H2,1-5H3. The molecule has 0 saturated carbocycles. The summed E-state index contributed by atoms with van der Waals surface area (Å²) in [5.74, 6) is 0.309. The number of amides is 1. The Hall–Kier alpha value is -0.570. The molecule has 0 aromatic carbocycles. The van der Waals surface area contributed by atoms with Crippen molar-refractivity contribution in [1.29, 1.82) is 0 Å². The van der Waals surface area contributed by atoms with Gasteiger partial charge in [0.2, 0.25) is 5.91 Å². The lowest BCUT2D eigenvalue weighted by atomic mass is 10.1. The second-order valence-electron chi connectivity index (χ2n) is 4.20. The van der Waals surface area contributed by atoms with Crippen LogP contribution in [0.4, 0.5) is 0 Å². The molecule has 15 heavy (non-hydrogen) atoms. The van der Waals surface area contributed by atoms with Crippen LogP contribution in [-0.2, 0) is 9.53 Å². The molecule has 0 spiro atoms. The van der Waals surface area contributed by atoms with Gasteiger partial charge in [0.05, 0.1) is 12.6 Å². The summed E-state index contributed by atoms with van der Waals surface area (Å²) >= 11 is 0. The molecule has 3 nitrogen and oxygen atoms in total. The van der Waals surface area contributed by atoms with Gasteiger partial charge in [0.25, 0.3) is 0 Å². The first-order valence-corrected chi connectivity index (χ1v) is 5.87. The topological polar surface area (TPSA) is 29.5 Å². The third-order valence-electron chi connectivity index (χ3n) is 2.51. The van der Waals surface area contributed by atoms with Gasteiger partial charge < -0.3 is 9.64 Å². The van der Waals surface area contributed by atoms with Gasteiger partial charge in [0.1, 0.15) is 0 Å². The molecule has 0 aliphatic rings. The highest BCUT2D eigenvalue weighted by molar-refractivity contribution is 5.78. The van der Waals surface area contributed by atoms with E-state index in [1.165, 1.54) is 0 Å². The molecule has 0 rings (SSSR count). The summed E-state index contributed by atoms with van der Waals surface area (Å²) in [4.78, 5) is 13.9. The molecular weight excluding hydrogens is 190 g/mol. The first kappa shape index (κ1) is 14.4. The molecule has 0 bridgehead atoms. The summed E-state index contributed by atoms with van der Waals surface area (Å²) in [6, 6.07) is 0.227. The number of hydrogen-bond acceptors (Lipinski definition) is 2. The van der Waals surface area contributed by atoms with Crippen molar-refractivity contribution in [1.82, 2.24) is 4.90 Å². The van der Waals surface area contributed by atoms with Crippen LogP contribution < -0.4 is 0 Å². The molecule has 0 aromatic heterocycles.